The van der Waals surface area contributed by atoms with Gasteiger partial charge in [-0.05, 0) is 12.5 Å². The number of hydrogen-bond acceptors (Lipinski definition) is 2. The van der Waals surface area contributed by atoms with Gasteiger partial charge in [0, 0.05) is 25.4 Å². The number of nitrogens with two attached hydrogens (primary N) is 1. The summed E-state index contributed by atoms with van der Waals surface area (Å²) >= 11 is 0. The molecule has 0 unspecified atom stereocenters. The molecule has 0 saturated carbocycles. The topological polar surface area (TPSA) is 43.8 Å². The minimum Gasteiger partial charge on any atom is -0.325 e. The van der Waals surface area contributed by atoms with Gasteiger partial charge in [0.1, 0.15) is 0 Å². The molecule has 3 heteroatoms. The largest absolute Gasteiger partial charge is 0.325 e. The molecule has 15 heavy (non-hydrogen) atoms. The molecular weight excluding hydrogens is 186 g/mol. The monoisotopic (exact) mass is 201 g/mol. The molecule has 2 rings (SSSR count). The van der Waals surface area contributed by atoms with Gasteiger partial charge in [-0.1, -0.05) is 29.8 Å². The first-order valence-electron chi connectivity index (χ1n) is 5.00. The molecule has 1 aromatic heterocycles. The van der Waals surface area contributed by atoms with Crippen LogP contribution >= 0.6 is 0 Å². The van der Waals surface area contributed by atoms with E-state index < -0.39 is 0 Å². The molecule has 78 valence electrons. The summed E-state index contributed by atoms with van der Waals surface area (Å²) in [5.74, 6) is 0. The maximum atomic E-state index is 5.66. The zero-order chi connectivity index (χ0) is 10.8. The zero-order valence-corrected chi connectivity index (χ0v) is 9.07. The van der Waals surface area contributed by atoms with Crippen LogP contribution in [0.4, 0.5) is 0 Å². The normalized spacial score (nSPS) is 10.6. The summed E-state index contributed by atoms with van der Waals surface area (Å²) in [4.78, 5) is 0. The van der Waals surface area contributed by atoms with E-state index in [0.29, 0.717) is 6.54 Å². The van der Waals surface area contributed by atoms with E-state index in [0.717, 1.165) is 11.3 Å². The van der Waals surface area contributed by atoms with Crippen LogP contribution in [0.5, 0.6) is 0 Å². The maximum Gasteiger partial charge on any atom is 0.0838 e. The lowest BCUT2D eigenvalue weighted by Crippen LogP contribution is -1.99. The molecule has 0 atom stereocenters. The van der Waals surface area contributed by atoms with E-state index in [1.807, 2.05) is 13.2 Å². The van der Waals surface area contributed by atoms with Crippen LogP contribution in [-0.2, 0) is 13.6 Å². The van der Waals surface area contributed by atoms with E-state index in [-0.39, 0.29) is 0 Å². The number of aromatic nitrogens is 2. The first kappa shape index (κ1) is 9.93. The summed E-state index contributed by atoms with van der Waals surface area (Å²) in [7, 11) is 1.92. The summed E-state index contributed by atoms with van der Waals surface area (Å²) in [6.07, 6.45) is 2.01. The molecule has 3 nitrogen and oxygen atoms in total. The van der Waals surface area contributed by atoms with Gasteiger partial charge in [0.05, 0.1) is 5.69 Å². The van der Waals surface area contributed by atoms with Gasteiger partial charge in [-0.25, -0.2) is 0 Å². The molecular formula is C12H15N3. The Hall–Kier alpha value is -1.61. The molecule has 0 aliphatic rings. The van der Waals surface area contributed by atoms with Crippen molar-refractivity contribution in [1.29, 1.82) is 0 Å². The van der Waals surface area contributed by atoms with Gasteiger partial charge in [0.15, 0.2) is 0 Å². The Morgan fingerprint density at radius 2 is 2.20 bits per heavy atom. The van der Waals surface area contributed by atoms with Crippen LogP contribution in [0.1, 0.15) is 11.3 Å². The van der Waals surface area contributed by atoms with Crippen molar-refractivity contribution in [2.45, 2.75) is 13.5 Å². The fourth-order valence-corrected chi connectivity index (χ4v) is 1.74. The average Bonchev–Trinajstić information content (AvgIpc) is 2.59. The molecule has 0 bridgehead atoms. The van der Waals surface area contributed by atoms with E-state index in [1.54, 1.807) is 4.68 Å². The fraction of sp³-hybridized carbons (Fsp3) is 0.250. The van der Waals surface area contributed by atoms with Crippen LogP contribution in [0.2, 0.25) is 0 Å². The van der Waals surface area contributed by atoms with Crippen molar-refractivity contribution >= 4 is 0 Å². The Bertz CT molecular complexity index is 471. The Morgan fingerprint density at radius 3 is 2.87 bits per heavy atom. The molecule has 0 aliphatic heterocycles. The average molecular weight is 201 g/mol. The van der Waals surface area contributed by atoms with Gasteiger partial charge in [-0.3, -0.25) is 4.68 Å². The molecule has 0 spiro atoms. The Balaban J connectivity index is 2.53. The van der Waals surface area contributed by atoms with Crippen molar-refractivity contribution in [1.82, 2.24) is 9.78 Å². The van der Waals surface area contributed by atoms with E-state index in [1.165, 1.54) is 11.1 Å². The van der Waals surface area contributed by atoms with Crippen molar-refractivity contribution in [2.24, 2.45) is 12.8 Å². The molecule has 1 heterocycles. The highest BCUT2D eigenvalue weighted by Gasteiger charge is 2.07. The van der Waals surface area contributed by atoms with Gasteiger partial charge in [-0.15, -0.1) is 0 Å². The summed E-state index contributed by atoms with van der Waals surface area (Å²) in [5, 5.41) is 4.33. The third kappa shape index (κ3) is 1.92. The van der Waals surface area contributed by atoms with Crippen molar-refractivity contribution in [3.8, 4) is 11.1 Å². The van der Waals surface area contributed by atoms with Crippen LogP contribution < -0.4 is 5.73 Å². The van der Waals surface area contributed by atoms with Gasteiger partial charge < -0.3 is 5.73 Å². The number of rotatable bonds is 2. The maximum absolute atomic E-state index is 5.66. The minimum atomic E-state index is 0.476. The first-order valence-corrected chi connectivity index (χ1v) is 5.00. The second-order valence-electron chi connectivity index (χ2n) is 3.74. The molecule has 0 amide bonds. The van der Waals surface area contributed by atoms with E-state index in [4.69, 9.17) is 5.73 Å². The fourth-order valence-electron chi connectivity index (χ4n) is 1.74. The second-order valence-corrected chi connectivity index (χ2v) is 3.74. The van der Waals surface area contributed by atoms with E-state index >= 15 is 0 Å². The molecule has 0 radical (unpaired) electrons. The van der Waals surface area contributed by atoms with E-state index in [2.05, 4.69) is 36.3 Å². The lowest BCUT2D eigenvalue weighted by atomic mass is 10.0. The summed E-state index contributed by atoms with van der Waals surface area (Å²) < 4.78 is 1.81. The standard InChI is InChI=1S/C12H15N3/c1-9-4-3-5-10(6-9)11-8-15(2)14-12(11)7-13/h3-6,8H,7,13H2,1-2H3. The Kier molecular flexibility index (Phi) is 2.56. The Morgan fingerprint density at radius 1 is 1.40 bits per heavy atom. The highest BCUT2D eigenvalue weighted by molar-refractivity contribution is 5.65. The quantitative estimate of drug-likeness (QED) is 0.806. The third-order valence-corrected chi connectivity index (χ3v) is 2.43. The minimum absolute atomic E-state index is 0.476. The SMILES string of the molecule is Cc1cccc(-c2cn(C)nc2CN)c1. The van der Waals surface area contributed by atoms with Crippen molar-refractivity contribution in [3.63, 3.8) is 0 Å². The van der Waals surface area contributed by atoms with Crippen molar-refractivity contribution in [2.75, 3.05) is 0 Å². The summed E-state index contributed by atoms with van der Waals surface area (Å²) in [5.41, 5.74) is 10.2. The van der Waals surface area contributed by atoms with Gasteiger partial charge in [0.25, 0.3) is 0 Å². The van der Waals surface area contributed by atoms with Crippen LogP contribution in [0, 0.1) is 6.92 Å². The third-order valence-electron chi connectivity index (χ3n) is 2.43. The van der Waals surface area contributed by atoms with Crippen LogP contribution in [-0.4, -0.2) is 9.78 Å². The van der Waals surface area contributed by atoms with Crippen molar-refractivity contribution in [3.05, 3.63) is 41.7 Å². The second kappa shape index (κ2) is 3.87. The summed E-state index contributed by atoms with van der Waals surface area (Å²) in [6.45, 7) is 2.56. The van der Waals surface area contributed by atoms with Crippen molar-refractivity contribution < 1.29 is 0 Å². The summed E-state index contributed by atoms with van der Waals surface area (Å²) in [6, 6.07) is 8.37. The van der Waals surface area contributed by atoms with Gasteiger partial charge in [0.2, 0.25) is 0 Å². The van der Waals surface area contributed by atoms with Crippen LogP contribution in [0.3, 0.4) is 0 Å². The molecule has 2 N–H and O–H groups in total. The highest BCUT2D eigenvalue weighted by Crippen LogP contribution is 2.23. The molecule has 0 aliphatic carbocycles. The number of aryl methyl sites for hydroxylation is 2. The van der Waals surface area contributed by atoms with Crippen LogP contribution in [0.15, 0.2) is 30.5 Å². The first-order chi connectivity index (χ1) is 7.20. The molecule has 2 aromatic rings. The molecule has 0 saturated heterocycles. The molecule has 0 fully saturated rings. The zero-order valence-electron chi connectivity index (χ0n) is 9.07. The lowest BCUT2D eigenvalue weighted by Gasteiger charge is -2.01. The number of benzene rings is 1. The highest BCUT2D eigenvalue weighted by atomic mass is 15.3. The smallest absolute Gasteiger partial charge is 0.0838 e. The predicted octanol–water partition coefficient (Wildman–Crippen LogP) is 1.85. The van der Waals surface area contributed by atoms with Gasteiger partial charge >= 0.3 is 0 Å². The number of nitrogens with zero attached hydrogens (tertiary/aromatic N) is 2. The Labute approximate surface area is 89.5 Å². The molecule has 1 aromatic carbocycles. The lowest BCUT2D eigenvalue weighted by molar-refractivity contribution is 0.742. The van der Waals surface area contributed by atoms with Gasteiger partial charge in [-0.2, -0.15) is 5.10 Å². The van der Waals surface area contributed by atoms with E-state index in [9.17, 15) is 0 Å². The van der Waals surface area contributed by atoms with Crippen LogP contribution in [0.25, 0.3) is 11.1 Å². The predicted molar refractivity (Wildman–Crippen MR) is 61.3 cm³/mol. The number of hydrogen-bond donors (Lipinski definition) is 1.